The van der Waals surface area contributed by atoms with E-state index in [1.807, 2.05) is 12.1 Å². The van der Waals surface area contributed by atoms with E-state index in [-0.39, 0.29) is 36.5 Å². The molecule has 1 aliphatic rings. The fourth-order valence-corrected chi connectivity index (χ4v) is 4.00. The van der Waals surface area contributed by atoms with E-state index >= 15 is 0 Å². The molecule has 4 amide bonds. The third-order valence-corrected chi connectivity index (χ3v) is 6.31. The van der Waals surface area contributed by atoms with Gasteiger partial charge in [-0.3, -0.25) is 24.3 Å². The van der Waals surface area contributed by atoms with Crippen molar-refractivity contribution in [1.82, 2.24) is 30.6 Å². The molecule has 0 aliphatic carbocycles. The maximum absolute atomic E-state index is 13.3. The van der Waals surface area contributed by atoms with Gasteiger partial charge in [0, 0.05) is 45.7 Å². The summed E-state index contributed by atoms with van der Waals surface area (Å²) in [6, 6.07) is 5.67. The molecule has 194 valence electrons. The summed E-state index contributed by atoms with van der Waals surface area (Å²) in [5, 5.41) is 12.2. The predicted octanol–water partition coefficient (Wildman–Crippen LogP) is 0.735. The standard InChI is InChI=1S/C25H34N6O5/c1-17-23(33)26-11-5-13-31(24(34)19-15-27-28-16-19)12-4-6-22(32)29-21(25(35)30(17)2)14-18-7-9-20(36-3)10-8-18/h7-10,15-17,21H,4-6,11-14H2,1-3H3,(H,26,33)(H,27,28)(H,29,32)/t17-,21-/m0/s1. The zero-order valence-corrected chi connectivity index (χ0v) is 21.0. The number of benzene rings is 1. The highest BCUT2D eigenvalue weighted by molar-refractivity contribution is 5.94. The van der Waals surface area contributed by atoms with E-state index in [2.05, 4.69) is 20.8 Å². The van der Waals surface area contributed by atoms with Gasteiger partial charge in [-0.25, -0.2) is 0 Å². The lowest BCUT2D eigenvalue weighted by Gasteiger charge is -2.29. The van der Waals surface area contributed by atoms with E-state index in [1.54, 1.807) is 38.1 Å². The summed E-state index contributed by atoms with van der Waals surface area (Å²) in [4.78, 5) is 54.7. The summed E-state index contributed by atoms with van der Waals surface area (Å²) in [5.41, 5.74) is 1.27. The molecule has 36 heavy (non-hydrogen) atoms. The first kappa shape index (κ1) is 26.7. The van der Waals surface area contributed by atoms with Crippen molar-refractivity contribution < 1.29 is 23.9 Å². The lowest BCUT2D eigenvalue weighted by atomic mass is 10.0. The van der Waals surface area contributed by atoms with E-state index in [4.69, 9.17) is 4.74 Å². The highest BCUT2D eigenvalue weighted by Gasteiger charge is 2.30. The molecule has 0 bridgehead atoms. The van der Waals surface area contributed by atoms with Crippen molar-refractivity contribution in [2.75, 3.05) is 33.8 Å². The van der Waals surface area contributed by atoms with Gasteiger partial charge in [0.25, 0.3) is 5.91 Å². The van der Waals surface area contributed by atoms with Gasteiger partial charge in [0.2, 0.25) is 17.7 Å². The highest BCUT2D eigenvalue weighted by atomic mass is 16.5. The number of carbonyl (C=O) groups is 4. The van der Waals surface area contributed by atoms with Gasteiger partial charge >= 0.3 is 0 Å². The fraction of sp³-hybridized carbons (Fsp3) is 0.480. The fourth-order valence-electron chi connectivity index (χ4n) is 4.00. The van der Waals surface area contributed by atoms with Gasteiger partial charge < -0.3 is 25.2 Å². The Morgan fingerprint density at radius 1 is 1.14 bits per heavy atom. The van der Waals surface area contributed by atoms with Crippen LogP contribution >= 0.6 is 0 Å². The molecule has 3 N–H and O–H groups in total. The van der Waals surface area contributed by atoms with Gasteiger partial charge in [-0.1, -0.05) is 12.1 Å². The summed E-state index contributed by atoms with van der Waals surface area (Å²) in [5.74, 6) is -0.456. The molecule has 1 fully saturated rings. The summed E-state index contributed by atoms with van der Waals surface area (Å²) >= 11 is 0. The van der Waals surface area contributed by atoms with Crippen molar-refractivity contribution in [2.24, 2.45) is 0 Å². The summed E-state index contributed by atoms with van der Waals surface area (Å²) < 4.78 is 5.19. The first-order valence-electron chi connectivity index (χ1n) is 12.0. The largest absolute Gasteiger partial charge is 0.497 e. The van der Waals surface area contributed by atoms with Crippen LogP contribution in [0.2, 0.25) is 0 Å². The number of aromatic nitrogens is 2. The SMILES string of the molecule is COc1ccc(C[C@@H]2NC(=O)CCCN(C(=O)c3cn[nH]c3)CCCNC(=O)[C@H](C)N(C)C2=O)cc1. The molecule has 2 atom stereocenters. The topological polar surface area (TPSA) is 137 Å². The zero-order chi connectivity index (χ0) is 26.1. The number of methoxy groups -OCH3 is 1. The molecule has 1 saturated heterocycles. The van der Waals surface area contributed by atoms with E-state index < -0.39 is 12.1 Å². The van der Waals surface area contributed by atoms with Crippen LogP contribution in [-0.2, 0) is 20.8 Å². The quantitative estimate of drug-likeness (QED) is 0.569. The van der Waals surface area contributed by atoms with Crippen LogP contribution in [0.4, 0.5) is 0 Å². The third kappa shape index (κ3) is 7.06. The van der Waals surface area contributed by atoms with Gasteiger partial charge in [-0.2, -0.15) is 5.10 Å². The first-order chi connectivity index (χ1) is 17.3. The van der Waals surface area contributed by atoms with E-state index in [1.165, 1.54) is 17.3 Å². The van der Waals surface area contributed by atoms with Crippen molar-refractivity contribution in [2.45, 2.75) is 44.7 Å². The number of H-pyrrole nitrogens is 1. The van der Waals surface area contributed by atoms with Crippen molar-refractivity contribution in [3.8, 4) is 5.75 Å². The highest BCUT2D eigenvalue weighted by Crippen LogP contribution is 2.15. The van der Waals surface area contributed by atoms with Crippen molar-refractivity contribution >= 4 is 23.6 Å². The molecule has 2 aromatic rings. The van der Waals surface area contributed by atoms with Crippen LogP contribution in [0, 0.1) is 0 Å². The Hall–Kier alpha value is -3.89. The minimum Gasteiger partial charge on any atom is -0.497 e. The predicted molar refractivity (Wildman–Crippen MR) is 132 cm³/mol. The Morgan fingerprint density at radius 2 is 1.86 bits per heavy atom. The minimum atomic E-state index is -0.847. The Bertz CT molecular complexity index is 1040. The molecule has 1 aromatic heterocycles. The molecule has 2 heterocycles. The number of carbonyl (C=O) groups excluding carboxylic acids is 4. The number of nitrogens with zero attached hydrogens (tertiary/aromatic N) is 3. The molecule has 0 spiro atoms. The number of nitrogens with one attached hydrogen (secondary N) is 3. The van der Waals surface area contributed by atoms with E-state index in [9.17, 15) is 19.2 Å². The molecule has 11 nitrogen and oxygen atoms in total. The molecule has 3 rings (SSSR count). The maximum atomic E-state index is 13.3. The summed E-state index contributed by atoms with van der Waals surface area (Å²) in [6.07, 6.45) is 4.36. The minimum absolute atomic E-state index is 0.151. The van der Waals surface area contributed by atoms with Gasteiger partial charge in [-0.05, 0) is 37.5 Å². The summed E-state index contributed by atoms with van der Waals surface area (Å²) in [7, 11) is 3.13. The van der Waals surface area contributed by atoms with Crippen LogP contribution in [-0.4, -0.2) is 89.5 Å². The Balaban J connectivity index is 1.77. The monoisotopic (exact) mass is 498 g/mol. The smallest absolute Gasteiger partial charge is 0.257 e. The Kier molecular flexibility index (Phi) is 9.43. The number of hydrogen-bond donors (Lipinski definition) is 3. The van der Waals surface area contributed by atoms with Crippen molar-refractivity contribution in [3.63, 3.8) is 0 Å². The van der Waals surface area contributed by atoms with Crippen molar-refractivity contribution in [3.05, 3.63) is 47.8 Å². The van der Waals surface area contributed by atoms with Crippen LogP contribution in [0.15, 0.2) is 36.7 Å². The average molecular weight is 499 g/mol. The van der Waals surface area contributed by atoms with Gasteiger partial charge in [0.1, 0.15) is 17.8 Å². The molecule has 0 unspecified atom stereocenters. The molecule has 1 aromatic carbocycles. The second-order valence-electron chi connectivity index (χ2n) is 8.82. The van der Waals surface area contributed by atoms with Crippen LogP contribution in [0.3, 0.4) is 0 Å². The Labute approximate surface area is 210 Å². The number of rotatable bonds is 4. The molecule has 0 radical (unpaired) electrons. The third-order valence-electron chi connectivity index (χ3n) is 6.31. The Morgan fingerprint density at radius 3 is 2.53 bits per heavy atom. The number of ether oxygens (including phenoxy) is 1. The average Bonchev–Trinajstić information content (AvgIpc) is 3.43. The van der Waals surface area contributed by atoms with E-state index in [0.717, 1.165) is 5.56 Å². The zero-order valence-electron chi connectivity index (χ0n) is 21.0. The van der Waals surface area contributed by atoms with Crippen LogP contribution in [0.25, 0.3) is 0 Å². The molecule has 0 saturated carbocycles. The lowest BCUT2D eigenvalue weighted by Crippen LogP contribution is -2.54. The number of likely N-dealkylation sites (N-methyl/N-ethyl adjacent to an activating group) is 1. The normalized spacial score (nSPS) is 20.7. The number of hydrogen-bond acceptors (Lipinski definition) is 6. The molecule has 1 aliphatic heterocycles. The van der Waals surface area contributed by atoms with Gasteiger partial charge in [0.15, 0.2) is 0 Å². The van der Waals surface area contributed by atoms with Gasteiger partial charge in [-0.15, -0.1) is 0 Å². The van der Waals surface area contributed by atoms with Crippen LogP contribution in [0.1, 0.15) is 42.1 Å². The second-order valence-corrected chi connectivity index (χ2v) is 8.82. The molecular weight excluding hydrogens is 464 g/mol. The first-order valence-corrected chi connectivity index (χ1v) is 12.0. The van der Waals surface area contributed by atoms with Crippen LogP contribution < -0.4 is 15.4 Å². The number of amides is 4. The summed E-state index contributed by atoms with van der Waals surface area (Å²) in [6.45, 7) is 2.77. The lowest BCUT2D eigenvalue weighted by molar-refractivity contribution is -0.141. The maximum Gasteiger partial charge on any atom is 0.257 e. The molecule has 11 heteroatoms. The van der Waals surface area contributed by atoms with Crippen molar-refractivity contribution in [1.29, 1.82) is 0 Å². The van der Waals surface area contributed by atoms with E-state index in [0.29, 0.717) is 43.8 Å². The van der Waals surface area contributed by atoms with Gasteiger partial charge in [0.05, 0.1) is 18.9 Å². The number of aromatic amines is 1. The van der Waals surface area contributed by atoms with Crippen LogP contribution in [0.5, 0.6) is 5.75 Å². The molecular formula is C25H34N6O5. The second kappa shape index (κ2) is 12.7.